The van der Waals surface area contributed by atoms with E-state index in [1.807, 2.05) is 0 Å². The number of rotatable bonds is 0. The van der Waals surface area contributed by atoms with Gasteiger partial charge in [-0.3, -0.25) is 0 Å². The monoisotopic (exact) mass is 175 g/mol. The summed E-state index contributed by atoms with van der Waals surface area (Å²) in [6.45, 7) is 8.01. The van der Waals surface area contributed by atoms with Gasteiger partial charge in [0.2, 0.25) is 0 Å². The van der Waals surface area contributed by atoms with E-state index in [1.54, 1.807) is 0 Å². The molecule has 0 aliphatic carbocycles. The van der Waals surface area contributed by atoms with Crippen molar-refractivity contribution in [3.8, 4) is 0 Å². The zero-order valence-corrected chi connectivity index (χ0v) is 8.59. The van der Waals surface area contributed by atoms with Gasteiger partial charge >= 0.3 is 0 Å². The molecule has 0 saturated heterocycles. The van der Waals surface area contributed by atoms with Gasteiger partial charge in [-0.2, -0.15) is 0 Å². The van der Waals surface area contributed by atoms with Crippen LogP contribution in [-0.4, -0.2) is 6.54 Å². The number of nitrogens with one attached hydrogen (secondary N) is 1. The lowest BCUT2D eigenvalue weighted by atomic mass is 9.78. The maximum atomic E-state index is 3.46. The molecule has 0 spiro atoms. The summed E-state index contributed by atoms with van der Waals surface area (Å²) in [5, 5.41) is 3.46. The van der Waals surface area contributed by atoms with E-state index in [0.29, 0.717) is 11.3 Å². The van der Waals surface area contributed by atoms with E-state index < -0.39 is 0 Å². The molecule has 2 rings (SSSR count). The number of benzene rings is 1. The minimum atomic E-state index is 0.361. The molecule has 1 nitrogen and oxygen atoms in total. The van der Waals surface area contributed by atoms with Gasteiger partial charge in [0.05, 0.1) is 0 Å². The van der Waals surface area contributed by atoms with Crippen LogP contribution < -0.4 is 5.32 Å². The van der Waals surface area contributed by atoms with E-state index in [1.165, 1.54) is 11.3 Å². The summed E-state index contributed by atoms with van der Waals surface area (Å²) < 4.78 is 0. The lowest BCUT2D eigenvalue weighted by Crippen LogP contribution is -2.19. The standard InChI is InChI=1S/C12H17N/c1-12(2,3)10-8-13-11-7-5-4-6-9(10)11/h4-7,10,13H,8H2,1-3H3/t10-/m0/s1. The molecule has 0 aromatic heterocycles. The predicted octanol–water partition coefficient (Wildman–Crippen LogP) is 3.24. The molecular weight excluding hydrogens is 158 g/mol. The molecule has 0 radical (unpaired) electrons. The summed E-state index contributed by atoms with van der Waals surface area (Å²) in [5.41, 5.74) is 3.16. The van der Waals surface area contributed by atoms with Crippen molar-refractivity contribution in [1.29, 1.82) is 0 Å². The molecule has 70 valence electrons. The van der Waals surface area contributed by atoms with Crippen molar-refractivity contribution in [2.75, 3.05) is 11.9 Å². The van der Waals surface area contributed by atoms with Gasteiger partial charge in [-0.05, 0) is 17.0 Å². The molecule has 0 amide bonds. The fourth-order valence-electron chi connectivity index (χ4n) is 2.06. The highest BCUT2D eigenvalue weighted by molar-refractivity contribution is 5.58. The summed E-state index contributed by atoms with van der Waals surface area (Å²) in [6.07, 6.45) is 0. The topological polar surface area (TPSA) is 12.0 Å². The average Bonchev–Trinajstić information content (AvgIpc) is 2.45. The summed E-state index contributed by atoms with van der Waals surface area (Å²) >= 11 is 0. The number of para-hydroxylation sites is 1. The van der Waals surface area contributed by atoms with E-state index >= 15 is 0 Å². The largest absolute Gasteiger partial charge is 0.384 e. The quantitative estimate of drug-likeness (QED) is 0.638. The SMILES string of the molecule is CC(C)(C)[C@H]1CNc2ccccc21. The summed E-state index contributed by atoms with van der Waals surface area (Å²) in [4.78, 5) is 0. The van der Waals surface area contributed by atoms with E-state index in [9.17, 15) is 0 Å². The van der Waals surface area contributed by atoms with Crippen molar-refractivity contribution in [2.45, 2.75) is 26.7 Å². The van der Waals surface area contributed by atoms with Gasteiger partial charge in [-0.25, -0.2) is 0 Å². The Kier molecular flexibility index (Phi) is 1.83. The van der Waals surface area contributed by atoms with E-state index in [2.05, 4.69) is 50.4 Å². The first-order valence-electron chi connectivity index (χ1n) is 4.92. The Balaban J connectivity index is 2.39. The Morgan fingerprint density at radius 2 is 1.92 bits per heavy atom. The summed E-state index contributed by atoms with van der Waals surface area (Å²) in [6, 6.07) is 8.63. The minimum absolute atomic E-state index is 0.361. The number of anilines is 1. The normalized spacial score (nSPS) is 21.0. The molecule has 0 bridgehead atoms. The maximum absolute atomic E-state index is 3.46. The van der Waals surface area contributed by atoms with Crippen LogP contribution in [0.25, 0.3) is 0 Å². The molecule has 1 aromatic carbocycles. The van der Waals surface area contributed by atoms with Crippen LogP contribution in [0.3, 0.4) is 0 Å². The van der Waals surface area contributed by atoms with Crippen molar-refractivity contribution in [3.63, 3.8) is 0 Å². The van der Waals surface area contributed by atoms with Crippen LogP contribution in [0.1, 0.15) is 32.3 Å². The smallest absolute Gasteiger partial charge is 0.0376 e. The highest BCUT2D eigenvalue weighted by Gasteiger charge is 2.31. The Morgan fingerprint density at radius 3 is 2.62 bits per heavy atom. The van der Waals surface area contributed by atoms with Crippen molar-refractivity contribution in [1.82, 2.24) is 0 Å². The lowest BCUT2D eigenvalue weighted by Gasteiger charge is -2.26. The molecule has 1 aliphatic rings. The highest BCUT2D eigenvalue weighted by atomic mass is 14.9. The van der Waals surface area contributed by atoms with E-state index in [-0.39, 0.29) is 0 Å². The molecule has 0 fully saturated rings. The molecule has 0 unspecified atom stereocenters. The summed E-state index contributed by atoms with van der Waals surface area (Å²) in [7, 11) is 0. The van der Waals surface area contributed by atoms with Crippen LogP contribution in [0.5, 0.6) is 0 Å². The molecule has 0 saturated carbocycles. The Labute approximate surface area is 80.2 Å². The lowest BCUT2D eigenvalue weighted by molar-refractivity contribution is 0.339. The fraction of sp³-hybridized carbons (Fsp3) is 0.500. The Hall–Kier alpha value is -0.980. The van der Waals surface area contributed by atoms with Crippen LogP contribution in [-0.2, 0) is 0 Å². The fourth-order valence-corrected chi connectivity index (χ4v) is 2.06. The molecule has 1 atom stereocenters. The van der Waals surface area contributed by atoms with Gasteiger partial charge in [0.25, 0.3) is 0 Å². The summed E-state index contributed by atoms with van der Waals surface area (Å²) in [5.74, 6) is 0.656. The van der Waals surface area contributed by atoms with Gasteiger partial charge in [-0.15, -0.1) is 0 Å². The zero-order valence-electron chi connectivity index (χ0n) is 8.59. The van der Waals surface area contributed by atoms with Gasteiger partial charge in [0.15, 0.2) is 0 Å². The number of hydrogen-bond acceptors (Lipinski definition) is 1. The van der Waals surface area contributed by atoms with Crippen molar-refractivity contribution in [3.05, 3.63) is 29.8 Å². The van der Waals surface area contributed by atoms with Crippen LogP contribution in [0.2, 0.25) is 0 Å². The molecular formula is C12H17N. The third-order valence-electron chi connectivity index (χ3n) is 2.88. The van der Waals surface area contributed by atoms with Gasteiger partial charge in [0.1, 0.15) is 0 Å². The minimum Gasteiger partial charge on any atom is -0.384 e. The van der Waals surface area contributed by atoms with Gasteiger partial charge in [0, 0.05) is 18.2 Å². The van der Waals surface area contributed by atoms with E-state index in [0.717, 1.165) is 6.54 Å². The van der Waals surface area contributed by atoms with Crippen LogP contribution in [0, 0.1) is 5.41 Å². The van der Waals surface area contributed by atoms with Gasteiger partial charge < -0.3 is 5.32 Å². The first-order valence-corrected chi connectivity index (χ1v) is 4.92. The first kappa shape index (κ1) is 8.61. The van der Waals surface area contributed by atoms with Crippen molar-refractivity contribution < 1.29 is 0 Å². The molecule has 1 aromatic rings. The average molecular weight is 175 g/mol. The predicted molar refractivity (Wildman–Crippen MR) is 57.1 cm³/mol. The number of hydrogen-bond donors (Lipinski definition) is 1. The number of fused-ring (bicyclic) bond motifs is 1. The first-order chi connectivity index (χ1) is 6.09. The molecule has 1 heterocycles. The Morgan fingerprint density at radius 1 is 1.23 bits per heavy atom. The second-order valence-corrected chi connectivity index (χ2v) is 4.89. The third kappa shape index (κ3) is 1.43. The molecule has 1 N–H and O–H groups in total. The second-order valence-electron chi connectivity index (χ2n) is 4.89. The third-order valence-corrected chi connectivity index (χ3v) is 2.88. The van der Waals surface area contributed by atoms with Crippen molar-refractivity contribution in [2.24, 2.45) is 5.41 Å². The van der Waals surface area contributed by atoms with Crippen LogP contribution in [0.15, 0.2) is 24.3 Å². The molecule has 13 heavy (non-hydrogen) atoms. The molecule has 1 aliphatic heterocycles. The molecule has 1 heteroatoms. The zero-order chi connectivity index (χ0) is 9.47. The van der Waals surface area contributed by atoms with E-state index in [4.69, 9.17) is 0 Å². The highest BCUT2D eigenvalue weighted by Crippen LogP contribution is 2.42. The van der Waals surface area contributed by atoms with Gasteiger partial charge in [-0.1, -0.05) is 39.0 Å². The van der Waals surface area contributed by atoms with Crippen LogP contribution in [0.4, 0.5) is 5.69 Å². The second kappa shape index (κ2) is 2.76. The Bertz CT molecular complexity index is 309. The van der Waals surface area contributed by atoms with Crippen LogP contribution >= 0.6 is 0 Å². The maximum Gasteiger partial charge on any atom is 0.0376 e. The van der Waals surface area contributed by atoms with Crippen molar-refractivity contribution >= 4 is 5.69 Å².